The molecule has 1 saturated heterocycles. The van der Waals surface area contributed by atoms with Crippen molar-refractivity contribution in [3.63, 3.8) is 0 Å². The molecule has 0 aliphatic carbocycles. The Balaban J connectivity index is 2.82. The minimum Gasteiger partial charge on any atom is -0.343 e. The highest BCUT2D eigenvalue weighted by molar-refractivity contribution is 5.82. The summed E-state index contributed by atoms with van der Waals surface area (Å²) in [6.07, 6.45) is 0.750. The van der Waals surface area contributed by atoms with E-state index in [1.807, 2.05) is 11.9 Å². The van der Waals surface area contributed by atoms with Gasteiger partial charge in [-0.15, -0.1) is 0 Å². The van der Waals surface area contributed by atoms with Crippen LogP contribution in [0, 0.1) is 0 Å². The van der Waals surface area contributed by atoms with Crippen LogP contribution in [0.15, 0.2) is 0 Å². The van der Waals surface area contributed by atoms with Gasteiger partial charge < -0.3 is 10.6 Å². The zero-order chi connectivity index (χ0) is 11.6. The number of likely N-dealkylation sites (N-methyl/N-ethyl adjacent to an activating group) is 1. The molecule has 1 unspecified atom stereocenters. The Morgan fingerprint density at radius 2 is 2.00 bits per heavy atom. The van der Waals surface area contributed by atoms with E-state index in [2.05, 4.69) is 25.7 Å². The van der Waals surface area contributed by atoms with Gasteiger partial charge in [-0.25, -0.2) is 0 Å². The first-order chi connectivity index (χ1) is 6.88. The molecule has 4 nitrogen and oxygen atoms in total. The van der Waals surface area contributed by atoms with Crippen molar-refractivity contribution in [3.05, 3.63) is 0 Å². The second-order valence-electron chi connectivity index (χ2n) is 5.22. The minimum atomic E-state index is -0.0336. The zero-order valence-corrected chi connectivity index (χ0v) is 10.3. The molecule has 15 heavy (non-hydrogen) atoms. The lowest BCUT2D eigenvalue weighted by molar-refractivity contribution is -0.144. The van der Waals surface area contributed by atoms with Crippen molar-refractivity contribution in [1.29, 1.82) is 0 Å². The van der Waals surface area contributed by atoms with E-state index in [4.69, 9.17) is 5.73 Å². The van der Waals surface area contributed by atoms with Gasteiger partial charge in [0.1, 0.15) is 0 Å². The summed E-state index contributed by atoms with van der Waals surface area (Å²) in [5, 5.41) is 0. The molecule has 1 fully saturated rings. The number of amides is 1. The number of rotatable bonds is 2. The Morgan fingerprint density at radius 3 is 2.47 bits per heavy atom. The third kappa shape index (κ3) is 2.69. The van der Waals surface area contributed by atoms with Gasteiger partial charge in [-0.05, 0) is 33.7 Å². The summed E-state index contributed by atoms with van der Waals surface area (Å²) in [5.41, 5.74) is 5.61. The van der Waals surface area contributed by atoms with Crippen LogP contribution in [0.2, 0.25) is 0 Å². The van der Waals surface area contributed by atoms with Crippen LogP contribution in [0.5, 0.6) is 0 Å². The molecule has 0 aromatic heterocycles. The fourth-order valence-corrected chi connectivity index (χ4v) is 2.15. The monoisotopic (exact) mass is 213 g/mol. The topological polar surface area (TPSA) is 49.6 Å². The molecule has 1 aliphatic rings. The molecule has 4 heteroatoms. The lowest BCUT2D eigenvalue weighted by atomic mass is 9.98. The summed E-state index contributed by atoms with van der Waals surface area (Å²) >= 11 is 0. The standard InChI is InChI=1S/C11H23N3O/c1-11(2,3)14-8-7-13(4)10(15)9(14)5-6-12/h9H,5-8,12H2,1-4H3. The van der Waals surface area contributed by atoms with Crippen LogP contribution in [0.3, 0.4) is 0 Å². The highest BCUT2D eigenvalue weighted by atomic mass is 16.2. The maximum absolute atomic E-state index is 12.0. The highest BCUT2D eigenvalue weighted by Gasteiger charge is 2.37. The molecular weight excluding hydrogens is 190 g/mol. The van der Waals surface area contributed by atoms with Gasteiger partial charge in [0.15, 0.2) is 0 Å². The van der Waals surface area contributed by atoms with Crippen LogP contribution in [0.1, 0.15) is 27.2 Å². The molecule has 0 bridgehead atoms. The average Bonchev–Trinajstić information content (AvgIpc) is 2.11. The maximum atomic E-state index is 12.0. The van der Waals surface area contributed by atoms with Gasteiger partial charge in [0.25, 0.3) is 0 Å². The van der Waals surface area contributed by atoms with Gasteiger partial charge >= 0.3 is 0 Å². The highest BCUT2D eigenvalue weighted by Crippen LogP contribution is 2.22. The third-order valence-corrected chi connectivity index (χ3v) is 3.02. The summed E-state index contributed by atoms with van der Waals surface area (Å²) < 4.78 is 0. The van der Waals surface area contributed by atoms with E-state index >= 15 is 0 Å². The van der Waals surface area contributed by atoms with Gasteiger partial charge in [-0.3, -0.25) is 9.69 Å². The first-order valence-corrected chi connectivity index (χ1v) is 5.59. The molecule has 88 valence electrons. The third-order valence-electron chi connectivity index (χ3n) is 3.02. The van der Waals surface area contributed by atoms with Crippen LogP contribution in [0.4, 0.5) is 0 Å². The number of nitrogens with two attached hydrogens (primary N) is 1. The van der Waals surface area contributed by atoms with Crippen LogP contribution in [-0.4, -0.2) is 54.0 Å². The lowest BCUT2D eigenvalue weighted by Gasteiger charge is -2.46. The molecule has 1 aliphatic heterocycles. The number of hydrogen-bond acceptors (Lipinski definition) is 3. The largest absolute Gasteiger partial charge is 0.343 e. The molecule has 0 aromatic rings. The summed E-state index contributed by atoms with van der Waals surface area (Å²) in [7, 11) is 1.87. The average molecular weight is 213 g/mol. The second-order valence-corrected chi connectivity index (χ2v) is 5.22. The van der Waals surface area contributed by atoms with Gasteiger partial charge in [0.05, 0.1) is 6.04 Å². The van der Waals surface area contributed by atoms with E-state index in [1.54, 1.807) is 0 Å². The van der Waals surface area contributed by atoms with Crippen molar-refractivity contribution in [3.8, 4) is 0 Å². The molecule has 0 spiro atoms. The molecule has 0 radical (unpaired) electrons. The molecule has 1 atom stereocenters. The number of hydrogen-bond donors (Lipinski definition) is 1. The number of piperazine rings is 1. The van der Waals surface area contributed by atoms with Gasteiger partial charge in [-0.1, -0.05) is 0 Å². The quantitative estimate of drug-likeness (QED) is 0.716. The normalized spacial score (nSPS) is 24.7. The minimum absolute atomic E-state index is 0.0336. The van der Waals surface area contributed by atoms with Gasteiger partial charge in [-0.2, -0.15) is 0 Å². The fourth-order valence-electron chi connectivity index (χ4n) is 2.15. The summed E-state index contributed by atoms with van der Waals surface area (Å²) in [4.78, 5) is 16.1. The van der Waals surface area contributed by atoms with Crippen LogP contribution < -0.4 is 5.73 Å². The molecule has 0 aromatic carbocycles. The molecule has 1 amide bonds. The van der Waals surface area contributed by atoms with Crippen molar-refractivity contribution in [2.75, 3.05) is 26.7 Å². The number of carbonyl (C=O) groups excluding carboxylic acids is 1. The Morgan fingerprint density at radius 1 is 1.40 bits per heavy atom. The molecule has 0 saturated carbocycles. The van der Waals surface area contributed by atoms with Gasteiger partial charge in [0, 0.05) is 25.7 Å². The van der Waals surface area contributed by atoms with E-state index < -0.39 is 0 Å². The number of nitrogens with zero attached hydrogens (tertiary/aromatic N) is 2. The summed E-state index contributed by atoms with van der Waals surface area (Å²) in [6.45, 7) is 8.77. The Bertz CT molecular complexity index is 234. The van der Waals surface area contributed by atoms with Crippen LogP contribution in [-0.2, 0) is 4.79 Å². The Kier molecular flexibility index (Phi) is 3.73. The zero-order valence-electron chi connectivity index (χ0n) is 10.3. The molecule has 1 heterocycles. The molecule has 1 rings (SSSR count). The first-order valence-electron chi connectivity index (χ1n) is 5.59. The van der Waals surface area contributed by atoms with E-state index in [0.29, 0.717) is 6.54 Å². The predicted octanol–water partition coefficient (Wildman–Crippen LogP) is 0.276. The van der Waals surface area contributed by atoms with E-state index in [1.165, 1.54) is 0 Å². The maximum Gasteiger partial charge on any atom is 0.239 e. The van der Waals surface area contributed by atoms with Crippen molar-refractivity contribution in [2.45, 2.75) is 38.8 Å². The molecule has 2 N–H and O–H groups in total. The lowest BCUT2D eigenvalue weighted by Crippen LogP contribution is -2.61. The van der Waals surface area contributed by atoms with Crippen LogP contribution in [0.25, 0.3) is 0 Å². The van der Waals surface area contributed by atoms with E-state index in [0.717, 1.165) is 19.5 Å². The second kappa shape index (κ2) is 4.49. The van der Waals surface area contributed by atoms with Gasteiger partial charge in [0.2, 0.25) is 5.91 Å². The summed E-state index contributed by atoms with van der Waals surface area (Å²) in [5.74, 6) is 0.210. The predicted molar refractivity (Wildman–Crippen MR) is 61.6 cm³/mol. The molecular formula is C11H23N3O. The van der Waals surface area contributed by atoms with E-state index in [9.17, 15) is 4.79 Å². The smallest absolute Gasteiger partial charge is 0.239 e. The Hall–Kier alpha value is -0.610. The van der Waals surface area contributed by atoms with Crippen LogP contribution >= 0.6 is 0 Å². The Labute approximate surface area is 92.4 Å². The SMILES string of the molecule is CN1CCN(C(C)(C)C)C(CCN)C1=O. The summed E-state index contributed by atoms with van der Waals surface area (Å²) in [6, 6.07) is -0.0336. The van der Waals surface area contributed by atoms with Crippen molar-refractivity contribution in [2.24, 2.45) is 5.73 Å². The number of carbonyl (C=O) groups is 1. The van der Waals surface area contributed by atoms with Crippen molar-refractivity contribution >= 4 is 5.91 Å². The fraction of sp³-hybridized carbons (Fsp3) is 0.909. The van der Waals surface area contributed by atoms with Crippen molar-refractivity contribution < 1.29 is 4.79 Å². The van der Waals surface area contributed by atoms with Crippen molar-refractivity contribution in [1.82, 2.24) is 9.80 Å². The van der Waals surface area contributed by atoms with E-state index in [-0.39, 0.29) is 17.5 Å². The first kappa shape index (κ1) is 12.5.